The molecule has 15 nitrogen and oxygen atoms in total. The van der Waals surface area contributed by atoms with E-state index in [0.717, 1.165) is 11.1 Å². The van der Waals surface area contributed by atoms with E-state index in [-0.39, 0.29) is 44.7 Å². The third-order valence-corrected chi connectivity index (χ3v) is 9.93. The van der Waals surface area contributed by atoms with Crippen molar-refractivity contribution in [2.75, 3.05) is 56.0 Å². The molecular weight excluding hydrogens is 691 g/mol. The Bertz CT molecular complexity index is 1670. The smallest absolute Gasteiger partial charge is 0.334 e. The lowest BCUT2D eigenvalue weighted by Crippen LogP contribution is -2.32. The second kappa shape index (κ2) is 18.6. The summed E-state index contributed by atoms with van der Waals surface area (Å²) in [5, 5.41) is 18.5. The standard InChI is InChI=1S/C33H37N5O10S2/c39-27(11-13-45-14-15-46-16-17-47-18-20-50-49-19-12-31(44)48-38-28(40)9-10-29(38)41)36-21-23-5-1-2-6-24(23)32-33(25-7-3-4-8-26(25)36)37(35-34-32)22-30(42)43/h1-8H,9-22H2,(H,42,43). The Labute approximate surface area is 295 Å². The van der Waals surface area contributed by atoms with Gasteiger partial charge in [-0.15, -0.1) is 10.2 Å². The number of para-hydroxylation sites is 1. The van der Waals surface area contributed by atoms with E-state index >= 15 is 0 Å². The first-order valence-corrected chi connectivity index (χ1v) is 18.5. The van der Waals surface area contributed by atoms with Crippen molar-refractivity contribution in [3.63, 3.8) is 0 Å². The number of imide groups is 1. The van der Waals surface area contributed by atoms with E-state index in [1.54, 1.807) is 15.7 Å². The number of hydroxylamine groups is 2. The van der Waals surface area contributed by atoms with Gasteiger partial charge in [0.05, 0.1) is 70.4 Å². The van der Waals surface area contributed by atoms with Crippen LogP contribution in [-0.2, 0) is 56.1 Å². The Morgan fingerprint density at radius 2 is 1.42 bits per heavy atom. The minimum atomic E-state index is -1.05. The molecule has 3 amide bonds. The average molecular weight is 728 g/mol. The van der Waals surface area contributed by atoms with Gasteiger partial charge in [-0.1, -0.05) is 69.3 Å². The Morgan fingerprint density at radius 1 is 0.780 bits per heavy atom. The number of rotatable bonds is 19. The topological polar surface area (TPSA) is 180 Å². The van der Waals surface area contributed by atoms with E-state index in [4.69, 9.17) is 19.0 Å². The van der Waals surface area contributed by atoms with Gasteiger partial charge in [-0.3, -0.25) is 19.2 Å². The number of fused-ring (bicyclic) bond motifs is 5. The molecule has 1 saturated heterocycles. The van der Waals surface area contributed by atoms with Gasteiger partial charge in [0.2, 0.25) is 5.91 Å². The van der Waals surface area contributed by atoms with Gasteiger partial charge >= 0.3 is 11.9 Å². The average Bonchev–Trinajstić information content (AvgIpc) is 3.65. The van der Waals surface area contributed by atoms with Crippen molar-refractivity contribution in [1.82, 2.24) is 20.1 Å². The first-order valence-electron chi connectivity index (χ1n) is 16.0. The van der Waals surface area contributed by atoms with Gasteiger partial charge in [0.25, 0.3) is 11.8 Å². The molecule has 2 aliphatic rings. The molecule has 1 aromatic heterocycles. The summed E-state index contributed by atoms with van der Waals surface area (Å²) in [5.41, 5.74) is 4.06. The van der Waals surface area contributed by atoms with E-state index in [2.05, 4.69) is 10.3 Å². The number of nitrogens with zero attached hydrogens (tertiary/aromatic N) is 5. The summed E-state index contributed by atoms with van der Waals surface area (Å²) in [6.07, 6.45) is 0.357. The zero-order valence-electron chi connectivity index (χ0n) is 27.2. The van der Waals surface area contributed by atoms with Gasteiger partial charge in [-0.05, 0) is 11.6 Å². The van der Waals surface area contributed by atoms with Crippen molar-refractivity contribution < 1.29 is 48.1 Å². The van der Waals surface area contributed by atoms with Crippen molar-refractivity contribution >= 4 is 56.9 Å². The lowest BCUT2D eigenvalue weighted by Gasteiger charge is -2.28. The molecule has 0 unspecified atom stereocenters. The van der Waals surface area contributed by atoms with Crippen LogP contribution in [0.3, 0.4) is 0 Å². The molecule has 17 heteroatoms. The molecule has 50 heavy (non-hydrogen) atoms. The van der Waals surface area contributed by atoms with Crippen LogP contribution >= 0.6 is 21.6 Å². The van der Waals surface area contributed by atoms with Gasteiger partial charge in [-0.2, -0.15) is 0 Å². The number of amides is 3. The number of carboxylic acid groups (broad SMARTS) is 1. The summed E-state index contributed by atoms with van der Waals surface area (Å²) in [7, 11) is 3.02. The Kier molecular flexibility index (Phi) is 13.8. The number of aromatic nitrogens is 3. The van der Waals surface area contributed by atoms with Crippen LogP contribution in [0, 0.1) is 0 Å². The monoisotopic (exact) mass is 727 g/mol. The number of ether oxygens (including phenoxy) is 3. The summed E-state index contributed by atoms with van der Waals surface area (Å²) in [6, 6.07) is 14.9. The van der Waals surface area contributed by atoms with Gasteiger partial charge in [0.15, 0.2) is 0 Å². The van der Waals surface area contributed by atoms with Crippen molar-refractivity contribution in [3.05, 3.63) is 54.1 Å². The maximum Gasteiger partial charge on any atom is 0.334 e. The number of carboxylic acids is 1. The first-order chi connectivity index (χ1) is 24.3. The second-order valence-corrected chi connectivity index (χ2v) is 13.7. The zero-order chi connectivity index (χ0) is 35.3. The Hall–Kier alpha value is -4.29. The summed E-state index contributed by atoms with van der Waals surface area (Å²) < 4.78 is 18.2. The molecule has 0 bridgehead atoms. The minimum absolute atomic E-state index is 0.0691. The van der Waals surface area contributed by atoms with Gasteiger partial charge in [0, 0.05) is 35.5 Å². The first kappa shape index (κ1) is 37.0. The summed E-state index contributed by atoms with van der Waals surface area (Å²) in [4.78, 5) is 66.5. The number of carbonyl (C=O) groups excluding carboxylic acids is 4. The number of aliphatic carboxylic acids is 1. The summed E-state index contributed by atoms with van der Waals surface area (Å²) in [5.74, 6) is -1.61. The number of hydrogen-bond donors (Lipinski definition) is 1. The van der Waals surface area contributed by atoms with Crippen molar-refractivity contribution in [3.8, 4) is 22.5 Å². The minimum Gasteiger partial charge on any atom is -0.480 e. The summed E-state index contributed by atoms with van der Waals surface area (Å²) in [6.45, 7) is 2.09. The normalized spacial score (nSPS) is 13.8. The molecule has 2 aliphatic heterocycles. The van der Waals surface area contributed by atoms with E-state index in [0.29, 0.717) is 78.8 Å². The second-order valence-electron chi connectivity index (χ2n) is 11.0. The maximum absolute atomic E-state index is 13.6. The van der Waals surface area contributed by atoms with Gasteiger partial charge < -0.3 is 29.1 Å². The highest BCUT2D eigenvalue weighted by molar-refractivity contribution is 8.76. The zero-order valence-corrected chi connectivity index (χ0v) is 28.8. The van der Waals surface area contributed by atoms with E-state index < -0.39 is 23.8 Å². The fraction of sp³-hybridized carbons (Fsp3) is 0.424. The molecule has 5 rings (SSSR count). The fourth-order valence-corrected chi connectivity index (χ4v) is 7.09. The van der Waals surface area contributed by atoms with Crippen LogP contribution in [0.15, 0.2) is 48.5 Å². The van der Waals surface area contributed by atoms with E-state index in [1.165, 1.54) is 15.5 Å². The Morgan fingerprint density at radius 3 is 2.16 bits per heavy atom. The molecule has 0 radical (unpaired) electrons. The van der Waals surface area contributed by atoms with Crippen LogP contribution in [0.25, 0.3) is 22.5 Å². The predicted octanol–water partition coefficient (Wildman–Crippen LogP) is 3.36. The van der Waals surface area contributed by atoms with Crippen LogP contribution in [0.1, 0.15) is 31.2 Å². The molecule has 3 aromatic rings. The fourth-order valence-electron chi connectivity index (χ4n) is 5.25. The number of anilines is 1. The number of hydrogen-bond acceptors (Lipinski definition) is 13. The van der Waals surface area contributed by atoms with Crippen molar-refractivity contribution in [2.24, 2.45) is 0 Å². The molecule has 3 heterocycles. The third-order valence-electron chi connectivity index (χ3n) is 7.56. The quantitative estimate of drug-likeness (QED) is 0.108. The molecule has 0 aliphatic carbocycles. The molecule has 266 valence electrons. The highest BCUT2D eigenvalue weighted by Gasteiger charge is 2.33. The number of carbonyl (C=O) groups is 5. The van der Waals surface area contributed by atoms with Crippen molar-refractivity contribution in [2.45, 2.75) is 38.8 Å². The lowest BCUT2D eigenvalue weighted by atomic mass is 9.95. The predicted molar refractivity (Wildman–Crippen MR) is 184 cm³/mol. The molecule has 1 fully saturated rings. The largest absolute Gasteiger partial charge is 0.480 e. The molecule has 1 N–H and O–H groups in total. The van der Waals surface area contributed by atoms with E-state index in [1.807, 2.05) is 48.5 Å². The van der Waals surface area contributed by atoms with Crippen LogP contribution in [0.5, 0.6) is 0 Å². The van der Waals surface area contributed by atoms with E-state index in [9.17, 15) is 29.1 Å². The van der Waals surface area contributed by atoms with Gasteiger partial charge in [-0.25, -0.2) is 9.48 Å². The third kappa shape index (κ3) is 9.91. The highest BCUT2D eigenvalue weighted by atomic mass is 33.1. The van der Waals surface area contributed by atoms with Gasteiger partial charge in [0.1, 0.15) is 12.2 Å². The lowest BCUT2D eigenvalue weighted by molar-refractivity contribution is -0.197. The molecule has 2 aromatic carbocycles. The SMILES string of the molecule is O=C(O)Cn1nnc2c1-c1ccccc1N(C(=O)CCOCCOCCOCCSSCCC(=O)ON1C(=O)CCC1=O)Cc1ccccc1-2. The summed E-state index contributed by atoms with van der Waals surface area (Å²) >= 11 is 0. The number of benzene rings is 2. The molecule has 0 spiro atoms. The highest BCUT2D eigenvalue weighted by Crippen LogP contribution is 2.41. The van der Waals surface area contributed by atoms with Crippen molar-refractivity contribution in [1.29, 1.82) is 0 Å². The van der Waals surface area contributed by atoms with Crippen LogP contribution in [0.2, 0.25) is 0 Å². The molecule has 0 saturated carbocycles. The van der Waals surface area contributed by atoms with Crippen LogP contribution < -0.4 is 4.90 Å². The maximum atomic E-state index is 13.6. The van der Waals surface area contributed by atoms with Crippen LogP contribution in [0.4, 0.5) is 5.69 Å². The van der Waals surface area contributed by atoms with Crippen LogP contribution in [-0.4, -0.2) is 106 Å². The molecule has 0 atom stereocenters. The Balaban J connectivity index is 0.970. The molecular formula is C33H37N5O10S2.